The molecule has 0 aromatic carbocycles. The molecule has 0 saturated heterocycles. The van der Waals surface area contributed by atoms with Crippen LogP contribution in [0.25, 0.3) is 0 Å². The molecule has 1 rings (SSSR count). The van der Waals surface area contributed by atoms with Crippen LogP contribution in [0.1, 0.15) is 0 Å². The van der Waals surface area contributed by atoms with Gasteiger partial charge in [-0.25, -0.2) is 0 Å². The first-order valence-corrected chi connectivity index (χ1v) is 11.8. The van der Waals surface area contributed by atoms with Crippen LogP contribution in [-0.2, 0) is 0 Å². The van der Waals surface area contributed by atoms with Crippen molar-refractivity contribution < 1.29 is 0 Å². The van der Waals surface area contributed by atoms with Gasteiger partial charge in [-0.05, 0) is 0 Å². The molecular weight excluding hydrogens is 290 g/mol. The van der Waals surface area contributed by atoms with Crippen LogP contribution >= 0.6 is 34.5 Å². The van der Waals surface area contributed by atoms with Gasteiger partial charge in [-0.3, -0.25) is 0 Å². The van der Waals surface area contributed by atoms with E-state index in [4.69, 9.17) is 0 Å². The molecule has 0 atom stereocenters. The predicted octanol–water partition coefficient (Wildman–Crippen LogP) is 1.83. The molecule has 0 spiro atoms. The Hall–Kier alpha value is 1.20. The Bertz CT molecular complexity index is 42.9. The van der Waals surface area contributed by atoms with Crippen LogP contribution in [0.4, 0.5) is 0 Å². The van der Waals surface area contributed by atoms with E-state index in [1.54, 1.807) is 0 Å². The number of hydrogen-bond acceptors (Lipinski definition) is 0. The zero-order chi connectivity index (χ0) is 3.54. The van der Waals surface area contributed by atoms with E-state index in [1.807, 2.05) is 0 Å². The topological polar surface area (TPSA) is 0 Å². The quantitative estimate of drug-likeness (QED) is 0.472. The molecule has 1 aliphatic rings. The van der Waals surface area contributed by atoms with Crippen molar-refractivity contribution in [3.8, 4) is 0 Å². The summed E-state index contributed by atoms with van der Waals surface area (Å²) >= 11 is 1.18. The number of alkyl halides is 1. The molecule has 0 saturated carbocycles. The molecule has 0 aromatic heterocycles. The minimum atomic E-state index is 0.554. The minimum absolute atomic E-state index is 0.554. The zero-order valence-corrected chi connectivity index (χ0v) is 7.34. The predicted molar refractivity (Wildman–Crippen MR) is 44.8 cm³/mol. The summed E-state index contributed by atoms with van der Waals surface area (Å²) < 4.78 is 3.93. The molecule has 0 aliphatic carbocycles. The van der Waals surface area contributed by atoms with Crippen molar-refractivity contribution in [2.24, 2.45) is 0 Å². The van der Waals surface area contributed by atoms with Crippen molar-refractivity contribution in [2.75, 3.05) is 4.43 Å². The number of allylic oxidation sites excluding steroid dienone is 1. The molecule has 0 nitrogen and oxygen atoms in total. The standard InChI is InChI=1S/C3H6I2/c1-2-4-5-3-1/h1-2,4-5H,3H2. The van der Waals surface area contributed by atoms with Gasteiger partial charge in [-0.1, -0.05) is 0 Å². The average Bonchev–Trinajstić information content (AvgIpc) is 1.76. The summed E-state index contributed by atoms with van der Waals surface area (Å²) in [5.41, 5.74) is 0. The van der Waals surface area contributed by atoms with Gasteiger partial charge < -0.3 is 0 Å². The molecule has 2 heteroatoms. The van der Waals surface area contributed by atoms with Gasteiger partial charge in [0.2, 0.25) is 0 Å². The van der Waals surface area contributed by atoms with E-state index in [0.717, 1.165) is 0 Å². The summed E-state index contributed by atoms with van der Waals surface area (Å²) in [7, 11) is 0. The summed E-state index contributed by atoms with van der Waals surface area (Å²) in [6, 6.07) is 0. The summed E-state index contributed by atoms with van der Waals surface area (Å²) in [5.74, 6) is 0. The fourth-order valence-electron chi connectivity index (χ4n) is 0.196. The third-order valence-electron chi connectivity index (χ3n) is 0.384. The van der Waals surface area contributed by atoms with E-state index in [9.17, 15) is 0 Å². The van der Waals surface area contributed by atoms with Gasteiger partial charge in [0.05, 0.1) is 0 Å². The van der Waals surface area contributed by atoms with Gasteiger partial charge in [-0.15, -0.1) is 0 Å². The normalized spacial score (nSPS) is 24.0. The molecule has 32 valence electrons. The average molecular weight is 296 g/mol. The number of halogens is 2. The Morgan fingerprint density at radius 3 is 2.80 bits per heavy atom. The van der Waals surface area contributed by atoms with Crippen LogP contribution in [-0.4, -0.2) is 4.43 Å². The second-order valence-electron chi connectivity index (χ2n) is 0.753. The van der Waals surface area contributed by atoms with E-state index in [2.05, 4.69) is 10.2 Å². The van der Waals surface area contributed by atoms with Crippen LogP contribution < -0.4 is 0 Å². The fraction of sp³-hybridized carbons (Fsp3) is 0.333. The second kappa shape index (κ2) is 2.39. The molecule has 1 aliphatic heterocycles. The number of hydrogen-bond donors (Lipinski definition) is 0. The van der Waals surface area contributed by atoms with Gasteiger partial charge in [0.25, 0.3) is 0 Å². The third-order valence-corrected chi connectivity index (χ3v) is 9.91. The van der Waals surface area contributed by atoms with E-state index >= 15 is 0 Å². The SMILES string of the molecule is C1=C[IH][IH]C1. The Kier molecular flexibility index (Phi) is 2.08. The summed E-state index contributed by atoms with van der Waals surface area (Å²) in [4.78, 5) is 0. The van der Waals surface area contributed by atoms with Crippen LogP contribution in [0, 0.1) is 0 Å². The first-order valence-electron chi connectivity index (χ1n) is 1.43. The summed E-state index contributed by atoms with van der Waals surface area (Å²) in [6.07, 6.45) is 2.35. The maximum atomic E-state index is 2.42. The van der Waals surface area contributed by atoms with Crippen LogP contribution in [0.3, 0.4) is 0 Å². The van der Waals surface area contributed by atoms with Gasteiger partial charge in [0.15, 0.2) is 0 Å². The Morgan fingerprint density at radius 1 is 1.60 bits per heavy atom. The second-order valence-corrected chi connectivity index (χ2v) is 11.9. The van der Waals surface area contributed by atoms with E-state index < -0.39 is 0 Å². The molecule has 0 N–H and O–H groups in total. The molecule has 0 amide bonds. The van der Waals surface area contributed by atoms with Crippen LogP contribution in [0.5, 0.6) is 0 Å². The van der Waals surface area contributed by atoms with E-state index in [1.165, 1.54) is 4.43 Å². The van der Waals surface area contributed by atoms with Gasteiger partial charge in [-0.2, -0.15) is 0 Å². The molecule has 1 heterocycles. The molecule has 0 unspecified atom stereocenters. The molecule has 5 heavy (non-hydrogen) atoms. The van der Waals surface area contributed by atoms with E-state index in [0.29, 0.717) is 34.5 Å². The fourth-order valence-corrected chi connectivity index (χ4v) is 8.84. The molecule has 0 aromatic rings. The molecule has 0 bridgehead atoms. The first kappa shape index (κ1) is 4.36. The first-order chi connectivity index (χ1) is 2.50. The zero-order valence-electron chi connectivity index (χ0n) is 2.68. The maximum absolute atomic E-state index is 2.42. The monoisotopic (exact) mass is 296 g/mol. The molecule has 0 fully saturated rings. The van der Waals surface area contributed by atoms with Crippen molar-refractivity contribution >= 4 is 34.5 Å². The van der Waals surface area contributed by atoms with Crippen molar-refractivity contribution in [3.05, 3.63) is 10.2 Å². The molecule has 0 radical (unpaired) electrons. The summed E-state index contributed by atoms with van der Waals surface area (Å²) in [5, 5.41) is 0. The van der Waals surface area contributed by atoms with Crippen molar-refractivity contribution in [1.82, 2.24) is 0 Å². The molecular formula is C3H6I2. The van der Waals surface area contributed by atoms with Crippen molar-refractivity contribution in [3.63, 3.8) is 0 Å². The van der Waals surface area contributed by atoms with Gasteiger partial charge in [0, 0.05) is 0 Å². The van der Waals surface area contributed by atoms with E-state index in [-0.39, 0.29) is 0 Å². The van der Waals surface area contributed by atoms with Gasteiger partial charge >= 0.3 is 49.0 Å². The Morgan fingerprint density at radius 2 is 2.60 bits per heavy atom. The number of rotatable bonds is 0. The Balaban J connectivity index is 2.32. The summed E-state index contributed by atoms with van der Waals surface area (Å²) in [6.45, 7) is 0. The van der Waals surface area contributed by atoms with Crippen molar-refractivity contribution in [2.45, 2.75) is 0 Å². The third kappa shape index (κ3) is 1.39. The van der Waals surface area contributed by atoms with Crippen molar-refractivity contribution in [1.29, 1.82) is 0 Å². The van der Waals surface area contributed by atoms with Crippen LogP contribution in [0.2, 0.25) is 0 Å². The van der Waals surface area contributed by atoms with Crippen LogP contribution in [0.15, 0.2) is 10.2 Å². The van der Waals surface area contributed by atoms with Gasteiger partial charge in [0.1, 0.15) is 0 Å². The Labute approximate surface area is 48.6 Å².